The first-order valence-electron chi connectivity index (χ1n) is 5.03. The molecule has 0 bridgehead atoms. The van der Waals surface area contributed by atoms with E-state index in [2.05, 4.69) is 10.3 Å². The van der Waals surface area contributed by atoms with Crippen molar-refractivity contribution in [2.45, 2.75) is 6.92 Å². The summed E-state index contributed by atoms with van der Waals surface area (Å²) >= 11 is 7.10. The van der Waals surface area contributed by atoms with Crippen LogP contribution in [0.5, 0.6) is 0 Å². The summed E-state index contributed by atoms with van der Waals surface area (Å²) in [6.07, 6.45) is 0. The van der Waals surface area contributed by atoms with Crippen molar-refractivity contribution in [3.05, 3.63) is 45.6 Å². The number of thiophene rings is 1. The minimum Gasteiger partial charge on any atom is -0.312 e. The molecule has 1 N–H and O–H groups in total. The molecular weight excluding hydrogens is 270 g/mol. The van der Waals surface area contributed by atoms with Crippen molar-refractivity contribution in [1.29, 1.82) is 5.26 Å². The van der Waals surface area contributed by atoms with E-state index in [0.29, 0.717) is 21.8 Å². The van der Waals surface area contributed by atoms with E-state index in [1.807, 2.05) is 6.07 Å². The van der Waals surface area contributed by atoms with Gasteiger partial charge in [-0.1, -0.05) is 11.6 Å². The number of nitriles is 1. The van der Waals surface area contributed by atoms with Gasteiger partial charge in [0.1, 0.15) is 16.2 Å². The van der Waals surface area contributed by atoms with Crippen LogP contribution in [-0.2, 0) is 0 Å². The van der Waals surface area contributed by atoms with Crippen LogP contribution >= 0.6 is 22.9 Å². The number of hydrogen-bond acceptors (Lipinski definition) is 4. The lowest BCUT2D eigenvalue weighted by molar-refractivity contribution is 0.102. The third-order valence-corrected chi connectivity index (χ3v) is 3.22. The van der Waals surface area contributed by atoms with E-state index >= 15 is 0 Å². The Kier molecular flexibility index (Phi) is 3.60. The molecule has 1 amide bonds. The lowest BCUT2D eigenvalue weighted by Crippen LogP contribution is -2.12. The highest BCUT2D eigenvalue weighted by molar-refractivity contribution is 7.14. The first-order chi connectivity index (χ1) is 8.60. The zero-order chi connectivity index (χ0) is 13.1. The Morgan fingerprint density at radius 2 is 2.33 bits per heavy atom. The van der Waals surface area contributed by atoms with E-state index in [4.69, 9.17) is 16.9 Å². The predicted octanol–water partition coefficient (Wildman–Crippen LogP) is 3.23. The molecular formula is C12H8ClN3OS. The quantitative estimate of drug-likeness (QED) is 0.857. The van der Waals surface area contributed by atoms with Crippen molar-refractivity contribution in [3.8, 4) is 6.07 Å². The number of anilines is 1. The minimum atomic E-state index is -0.304. The summed E-state index contributed by atoms with van der Waals surface area (Å²) in [5.74, 6) is -0.304. The van der Waals surface area contributed by atoms with Crippen molar-refractivity contribution >= 4 is 33.8 Å². The minimum absolute atomic E-state index is 0.270. The zero-order valence-corrected chi connectivity index (χ0v) is 11.0. The van der Waals surface area contributed by atoms with Crippen molar-refractivity contribution in [2.24, 2.45) is 0 Å². The number of halogens is 1. The van der Waals surface area contributed by atoms with Crippen molar-refractivity contribution in [3.63, 3.8) is 0 Å². The van der Waals surface area contributed by atoms with E-state index in [1.165, 1.54) is 17.4 Å². The van der Waals surface area contributed by atoms with Gasteiger partial charge in [-0.3, -0.25) is 4.79 Å². The van der Waals surface area contributed by atoms with Crippen LogP contribution in [0.25, 0.3) is 0 Å². The molecule has 0 fully saturated rings. The molecule has 2 heterocycles. The van der Waals surface area contributed by atoms with Crippen LogP contribution in [0.2, 0.25) is 5.15 Å². The maximum atomic E-state index is 12.0. The maximum Gasteiger partial charge on any atom is 0.256 e. The van der Waals surface area contributed by atoms with Crippen molar-refractivity contribution in [1.82, 2.24) is 4.98 Å². The summed E-state index contributed by atoms with van der Waals surface area (Å²) in [6.45, 7) is 1.76. The second kappa shape index (κ2) is 5.17. The number of nitrogens with zero attached hydrogens (tertiary/aromatic N) is 2. The summed E-state index contributed by atoms with van der Waals surface area (Å²) in [5, 5.41) is 14.1. The lowest BCUT2D eigenvalue weighted by atomic mass is 10.2. The number of rotatable bonds is 2. The highest BCUT2D eigenvalue weighted by Crippen LogP contribution is 2.23. The van der Waals surface area contributed by atoms with Crippen LogP contribution in [-0.4, -0.2) is 10.9 Å². The molecule has 0 atom stereocenters. The molecule has 0 saturated heterocycles. The topological polar surface area (TPSA) is 65.8 Å². The van der Waals surface area contributed by atoms with Gasteiger partial charge in [0.2, 0.25) is 0 Å². The number of carbonyl (C=O) groups is 1. The molecule has 0 saturated carbocycles. The standard InChI is InChI=1S/C12H8ClN3OS/c1-7-4-9(5-10(13)15-7)11(17)16-12-8(6-14)2-3-18-12/h2-5H,1H3,(H,16,17). The smallest absolute Gasteiger partial charge is 0.256 e. The first-order valence-corrected chi connectivity index (χ1v) is 6.29. The lowest BCUT2D eigenvalue weighted by Gasteiger charge is -2.04. The fraction of sp³-hybridized carbons (Fsp3) is 0.0833. The van der Waals surface area contributed by atoms with Gasteiger partial charge in [-0.15, -0.1) is 11.3 Å². The molecule has 0 aromatic carbocycles. The Balaban J connectivity index is 2.25. The van der Waals surface area contributed by atoms with Crippen LogP contribution in [0.1, 0.15) is 21.6 Å². The average molecular weight is 278 g/mol. The van der Waals surface area contributed by atoms with Gasteiger partial charge in [0.25, 0.3) is 5.91 Å². The summed E-state index contributed by atoms with van der Waals surface area (Å²) in [7, 11) is 0. The molecule has 18 heavy (non-hydrogen) atoms. The maximum absolute atomic E-state index is 12.0. The highest BCUT2D eigenvalue weighted by Gasteiger charge is 2.11. The predicted molar refractivity (Wildman–Crippen MR) is 71.0 cm³/mol. The van der Waals surface area contributed by atoms with Gasteiger partial charge in [0.15, 0.2) is 0 Å². The average Bonchev–Trinajstić information content (AvgIpc) is 2.75. The Hall–Kier alpha value is -1.90. The normalized spacial score (nSPS) is 9.83. The summed E-state index contributed by atoms with van der Waals surface area (Å²) < 4.78 is 0. The molecule has 90 valence electrons. The molecule has 2 aromatic rings. The number of pyridine rings is 1. The van der Waals surface area contributed by atoms with Crippen molar-refractivity contribution in [2.75, 3.05) is 5.32 Å². The van der Waals surface area contributed by atoms with Crippen LogP contribution < -0.4 is 5.32 Å². The van der Waals surface area contributed by atoms with Crippen LogP contribution in [0, 0.1) is 18.3 Å². The second-order valence-corrected chi connectivity index (χ2v) is 4.85. The summed E-state index contributed by atoms with van der Waals surface area (Å²) in [6, 6.07) is 6.80. The fourth-order valence-corrected chi connectivity index (χ4v) is 2.41. The molecule has 4 nitrogen and oxygen atoms in total. The number of hydrogen-bond donors (Lipinski definition) is 1. The molecule has 0 aliphatic rings. The molecule has 2 rings (SSSR count). The van der Waals surface area contributed by atoms with Crippen LogP contribution in [0.4, 0.5) is 5.00 Å². The third kappa shape index (κ3) is 2.67. The molecule has 0 aliphatic heterocycles. The highest BCUT2D eigenvalue weighted by atomic mass is 35.5. The molecule has 0 unspecified atom stereocenters. The van der Waals surface area contributed by atoms with Gasteiger partial charge in [-0.2, -0.15) is 5.26 Å². The number of nitrogens with one attached hydrogen (secondary N) is 1. The Morgan fingerprint density at radius 3 is 3.00 bits per heavy atom. The zero-order valence-electron chi connectivity index (χ0n) is 9.40. The van der Waals surface area contributed by atoms with E-state index in [1.54, 1.807) is 24.4 Å². The van der Waals surface area contributed by atoms with E-state index in [-0.39, 0.29) is 11.1 Å². The molecule has 2 aromatic heterocycles. The fourth-order valence-electron chi connectivity index (χ4n) is 1.43. The van der Waals surface area contributed by atoms with Crippen molar-refractivity contribution < 1.29 is 4.79 Å². The number of amides is 1. The summed E-state index contributed by atoms with van der Waals surface area (Å²) in [5.41, 5.74) is 1.54. The largest absolute Gasteiger partial charge is 0.312 e. The Morgan fingerprint density at radius 1 is 1.56 bits per heavy atom. The number of aromatic nitrogens is 1. The third-order valence-electron chi connectivity index (χ3n) is 2.20. The number of aryl methyl sites for hydroxylation is 1. The summed E-state index contributed by atoms with van der Waals surface area (Å²) in [4.78, 5) is 16.0. The molecule has 0 spiro atoms. The first kappa shape index (κ1) is 12.6. The molecule has 0 aliphatic carbocycles. The van der Waals surface area contributed by atoms with Gasteiger partial charge in [0, 0.05) is 11.3 Å². The SMILES string of the molecule is Cc1cc(C(=O)Nc2sccc2C#N)cc(Cl)n1. The molecule has 0 radical (unpaired) electrons. The van der Waals surface area contributed by atoms with Gasteiger partial charge in [-0.05, 0) is 30.5 Å². The van der Waals surface area contributed by atoms with Gasteiger partial charge in [-0.25, -0.2) is 4.98 Å². The Labute approximate surface area is 113 Å². The monoisotopic (exact) mass is 277 g/mol. The van der Waals surface area contributed by atoms with Gasteiger partial charge >= 0.3 is 0 Å². The van der Waals surface area contributed by atoms with E-state index in [9.17, 15) is 4.79 Å². The van der Waals surface area contributed by atoms with Gasteiger partial charge in [0.05, 0.1) is 5.56 Å². The van der Waals surface area contributed by atoms with E-state index < -0.39 is 0 Å². The van der Waals surface area contributed by atoms with Crippen LogP contribution in [0.3, 0.4) is 0 Å². The van der Waals surface area contributed by atoms with E-state index in [0.717, 1.165) is 0 Å². The van der Waals surface area contributed by atoms with Crippen LogP contribution in [0.15, 0.2) is 23.6 Å². The molecule has 6 heteroatoms. The Bertz CT molecular complexity index is 625. The van der Waals surface area contributed by atoms with Gasteiger partial charge < -0.3 is 5.32 Å². The second-order valence-electron chi connectivity index (χ2n) is 3.55. The number of carbonyl (C=O) groups excluding carboxylic acids is 1.